The van der Waals surface area contributed by atoms with Gasteiger partial charge in [0.25, 0.3) is 0 Å². The smallest absolute Gasteiger partial charge is 0.354 e. The molecule has 96 valence electrons. The molecule has 0 amide bonds. The first kappa shape index (κ1) is 11.5. The maximum atomic E-state index is 10.7. The number of aromatic carboxylic acids is 1. The predicted molar refractivity (Wildman–Crippen MR) is 67.8 cm³/mol. The SMILES string of the molecule is O=C(O)c1ccc(NC2CN3CCC2CC3)cn1. The number of carbonyl (C=O) groups is 1. The first-order valence-corrected chi connectivity index (χ1v) is 6.40. The largest absolute Gasteiger partial charge is 0.477 e. The number of rotatable bonds is 3. The lowest BCUT2D eigenvalue weighted by molar-refractivity contribution is 0.0690. The van der Waals surface area contributed by atoms with Crippen molar-refractivity contribution in [3.05, 3.63) is 24.0 Å². The van der Waals surface area contributed by atoms with E-state index in [-0.39, 0.29) is 5.69 Å². The van der Waals surface area contributed by atoms with Gasteiger partial charge in [-0.2, -0.15) is 0 Å². The zero-order chi connectivity index (χ0) is 12.5. The van der Waals surface area contributed by atoms with E-state index in [1.54, 1.807) is 18.3 Å². The second kappa shape index (κ2) is 4.57. The van der Waals surface area contributed by atoms with Crippen LogP contribution in [0.15, 0.2) is 18.3 Å². The summed E-state index contributed by atoms with van der Waals surface area (Å²) in [6.07, 6.45) is 4.14. The average Bonchev–Trinajstić information content (AvgIpc) is 2.41. The fourth-order valence-corrected chi connectivity index (χ4v) is 2.95. The Labute approximate surface area is 106 Å². The van der Waals surface area contributed by atoms with Gasteiger partial charge in [0.15, 0.2) is 0 Å². The molecule has 3 saturated heterocycles. The zero-order valence-electron chi connectivity index (χ0n) is 10.2. The van der Waals surface area contributed by atoms with Crippen molar-refractivity contribution in [2.75, 3.05) is 25.0 Å². The van der Waals surface area contributed by atoms with Crippen molar-refractivity contribution in [3.8, 4) is 0 Å². The number of nitrogens with one attached hydrogen (secondary N) is 1. The second-order valence-corrected chi connectivity index (χ2v) is 5.13. The number of anilines is 1. The molecule has 0 spiro atoms. The molecule has 3 aliphatic heterocycles. The van der Waals surface area contributed by atoms with Gasteiger partial charge in [-0.15, -0.1) is 0 Å². The normalized spacial score (nSPS) is 30.1. The topological polar surface area (TPSA) is 65.5 Å². The molecule has 3 aliphatic rings. The number of fused-ring (bicyclic) bond motifs is 3. The molecular formula is C13H17N3O2. The third-order valence-electron chi connectivity index (χ3n) is 3.99. The third-order valence-corrected chi connectivity index (χ3v) is 3.99. The van der Waals surface area contributed by atoms with Gasteiger partial charge in [-0.1, -0.05) is 0 Å². The van der Waals surface area contributed by atoms with E-state index in [0.717, 1.165) is 18.2 Å². The van der Waals surface area contributed by atoms with Crippen LogP contribution >= 0.6 is 0 Å². The molecule has 1 atom stereocenters. The average molecular weight is 247 g/mol. The maximum Gasteiger partial charge on any atom is 0.354 e. The van der Waals surface area contributed by atoms with E-state index in [0.29, 0.717) is 6.04 Å². The van der Waals surface area contributed by atoms with Crippen LogP contribution in [0, 0.1) is 5.92 Å². The quantitative estimate of drug-likeness (QED) is 0.842. The minimum Gasteiger partial charge on any atom is -0.477 e. The Hall–Kier alpha value is -1.62. The Morgan fingerprint density at radius 1 is 1.39 bits per heavy atom. The lowest BCUT2D eigenvalue weighted by atomic mass is 9.84. The van der Waals surface area contributed by atoms with Crippen LogP contribution in [0.4, 0.5) is 5.69 Å². The van der Waals surface area contributed by atoms with Crippen LogP contribution in [0.5, 0.6) is 0 Å². The summed E-state index contributed by atoms with van der Waals surface area (Å²) in [7, 11) is 0. The van der Waals surface area contributed by atoms with Gasteiger partial charge in [-0.25, -0.2) is 9.78 Å². The van der Waals surface area contributed by atoms with E-state index in [1.165, 1.54) is 25.9 Å². The highest BCUT2D eigenvalue weighted by Gasteiger charge is 2.33. The Kier molecular flexibility index (Phi) is 2.91. The van der Waals surface area contributed by atoms with Crippen molar-refractivity contribution < 1.29 is 9.90 Å². The van der Waals surface area contributed by atoms with E-state index >= 15 is 0 Å². The Balaban J connectivity index is 1.67. The fraction of sp³-hybridized carbons (Fsp3) is 0.538. The molecule has 5 nitrogen and oxygen atoms in total. The molecule has 1 aromatic rings. The van der Waals surface area contributed by atoms with E-state index < -0.39 is 5.97 Å². The van der Waals surface area contributed by atoms with E-state index in [1.807, 2.05) is 0 Å². The fourth-order valence-electron chi connectivity index (χ4n) is 2.95. The number of aromatic nitrogens is 1. The Bertz CT molecular complexity index is 438. The maximum absolute atomic E-state index is 10.7. The van der Waals surface area contributed by atoms with Crippen molar-refractivity contribution in [3.63, 3.8) is 0 Å². The van der Waals surface area contributed by atoms with Gasteiger partial charge in [0.2, 0.25) is 0 Å². The summed E-state index contributed by atoms with van der Waals surface area (Å²) in [4.78, 5) is 17.1. The van der Waals surface area contributed by atoms with Gasteiger partial charge >= 0.3 is 5.97 Å². The monoisotopic (exact) mass is 247 g/mol. The van der Waals surface area contributed by atoms with Gasteiger partial charge in [0, 0.05) is 12.6 Å². The van der Waals surface area contributed by atoms with E-state index in [9.17, 15) is 4.79 Å². The van der Waals surface area contributed by atoms with Crippen molar-refractivity contribution in [1.82, 2.24) is 9.88 Å². The molecule has 0 aromatic carbocycles. The molecule has 4 rings (SSSR count). The number of carboxylic acids is 1. The first-order valence-electron chi connectivity index (χ1n) is 6.40. The van der Waals surface area contributed by atoms with Crippen LogP contribution in [0.3, 0.4) is 0 Å². The highest BCUT2D eigenvalue weighted by atomic mass is 16.4. The molecule has 2 N–H and O–H groups in total. The van der Waals surface area contributed by atoms with E-state index in [4.69, 9.17) is 5.11 Å². The minimum absolute atomic E-state index is 0.0921. The molecular weight excluding hydrogens is 230 g/mol. The summed E-state index contributed by atoms with van der Waals surface area (Å²) >= 11 is 0. The lowest BCUT2D eigenvalue weighted by Crippen LogP contribution is -2.53. The summed E-state index contributed by atoms with van der Waals surface area (Å²) < 4.78 is 0. The Morgan fingerprint density at radius 3 is 2.67 bits per heavy atom. The standard InChI is InChI=1S/C13H17N3O2/c17-13(18)11-2-1-10(7-14-11)15-12-8-16-5-3-9(12)4-6-16/h1-2,7,9,12,15H,3-6,8H2,(H,17,18). The highest BCUT2D eigenvalue weighted by molar-refractivity contribution is 5.85. The van der Waals surface area contributed by atoms with Crippen LogP contribution < -0.4 is 5.32 Å². The summed E-state index contributed by atoms with van der Waals surface area (Å²) in [5.74, 6) is -0.237. The number of hydrogen-bond donors (Lipinski definition) is 2. The molecule has 4 heterocycles. The second-order valence-electron chi connectivity index (χ2n) is 5.13. The van der Waals surface area contributed by atoms with Crippen LogP contribution in [-0.4, -0.2) is 46.6 Å². The van der Waals surface area contributed by atoms with Crippen LogP contribution in [0.25, 0.3) is 0 Å². The summed E-state index contributed by atoms with van der Waals surface area (Å²) in [6.45, 7) is 3.53. The van der Waals surface area contributed by atoms with Crippen molar-refractivity contribution >= 4 is 11.7 Å². The van der Waals surface area contributed by atoms with Gasteiger partial charge < -0.3 is 15.3 Å². The predicted octanol–water partition coefficient (Wildman–Crippen LogP) is 1.29. The van der Waals surface area contributed by atoms with Crippen molar-refractivity contribution in [2.45, 2.75) is 18.9 Å². The minimum atomic E-state index is -0.982. The Morgan fingerprint density at radius 2 is 2.17 bits per heavy atom. The van der Waals surface area contributed by atoms with Gasteiger partial charge in [0.05, 0.1) is 11.9 Å². The van der Waals surface area contributed by atoms with Gasteiger partial charge in [-0.3, -0.25) is 0 Å². The number of nitrogens with zero attached hydrogens (tertiary/aromatic N) is 2. The molecule has 0 saturated carbocycles. The van der Waals surface area contributed by atoms with Gasteiger partial charge in [-0.05, 0) is 44.0 Å². The molecule has 1 aromatic heterocycles. The summed E-state index contributed by atoms with van der Waals surface area (Å²) in [5.41, 5.74) is 1.01. The molecule has 0 radical (unpaired) electrons. The van der Waals surface area contributed by atoms with Gasteiger partial charge in [0.1, 0.15) is 5.69 Å². The van der Waals surface area contributed by atoms with Crippen molar-refractivity contribution in [2.24, 2.45) is 5.92 Å². The molecule has 0 aliphatic carbocycles. The molecule has 18 heavy (non-hydrogen) atoms. The highest BCUT2D eigenvalue weighted by Crippen LogP contribution is 2.29. The third kappa shape index (κ3) is 2.18. The van der Waals surface area contributed by atoms with Crippen LogP contribution in [-0.2, 0) is 0 Å². The number of piperidine rings is 3. The first-order chi connectivity index (χ1) is 8.72. The molecule has 3 fully saturated rings. The van der Waals surface area contributed by atoms with E-state index in [2.05, 4.69) is 15.2 Å². The summed E-state index contributed by atoms with van der Waals surface area (Å²) in [6, 6.07) is 3.82. The molecule has 1 unspecified atom stereocenters. The van der Waals surface area contributed by atoms with Crippen molar-refractivity contribution in [1.29, 1.82) is 0 Å². The lowest BCUT2D eigenvalue weighted by Gasteiger charge is -2.45. The van der Waals surface area contributed by atoms with Crippen LogP contribution in [0.2, 0.25) is 0 Å². The molecule has 2 bridgehead atoms. The van der Waals surface area contributed by atoms with Crippen LogP contribution in [0.1, 0.15) is 23.3 Å². The summed E-state index contributed by atoms with van der Waals surface area (Å²) in [5, 5.41) is 12.3. The number of pyridine rings is 1. The molecule has 5 heteroatoms. The zero-order valence-corrected chi connectivity index (χ0v) is 10.2. The number of carboxylic acid groups (broad SMARTS) is 1. The number of hydrogen-bond acceptors (Lipinski definition) is 4.